The summed E-state index contributed by atoms with van der Waals surface area (Å²) in [6.07, 6.45) is 0.743. The number of aromatic nitrogens is 5. The summed E-state index contributed by atoms with van der Waals surface area (Å²) in [6.45, 7) is 5.40. The Balaban J connectivity index is 2.25. The van der Waals surface area contributed by atoms with Gasteiger partial charge in [0.1, 0.15) is 0 Å². The number of hydrogen-bond acceptors (Lipinski definition) is 8. The van der Waals surface area contributed by atoms with Crippen LogP contribution in [0.1, 0.15) is 36.5 Å². The van der Waals surface area contributed by atoms with Gasteiger partial charge in [-0.3, -0.25) is 4.79 Å². The van der Waals surface area contributed by atoms with E-state index in [-0.39, 0.29) is 17.3 Å². The van der Waals surface area contributed by atoms with Gasteiger partial charge in [-0.25, -0.2) is 10.1 Å². The summed E-state index contributed by atoms with van der Waals surface area (Å²) in [5.74, 6) is -0.219. The number of rotatable bonds is 4. The molecule has 0 saturated heterocycles. The molecule has 10 heteroatoms. The maximum Gasteiger partial charge on any atom is 0.293 e. The van der Waals surface area contributed by atoms with Crippen LogP contribution in [0.2, 0.25) is 0 Å². The molecule has 2 aromatic rings. The van der Waals surface area contributed by atoms with E-state index >= 15 is 0 Å². The van der Waals surface area contributed by atoms with Crippen LogP contribution in [0, 0.1) is 6.92 Å². The Bertz CT molecular complexity index is 656. The monoisotopic (exact) mass is 278 g/mol. The van der Waals surface area contributed by atoms with E-state index < -0.39 is 5.91 Å². The van der Waals surface area contributed by atoms with E-state index in [0.29, 0.717) is 5.69 Å². The normalized spacial score (nSPS) is 11.7. The number of nitrogen functional groups attached to an aromatic ring is 1. The Hall–Kier alpha value is -2.78. The Kier molecular flexibility index (Phi) is 3.73. The lowest BCUT2D eigenvalue weighted by Gasteiger charge is -2.00. The summed E-state index contributed by atoms with van der Waals surface area (Å²) in [7, 11) is 0. The number of nitrogens with zero attached hydrogens (tertiary/aromatic N) is 6. The van der Waals surface area contributed by atoms with Crippen molar-refractivity contribution in [1.29, 1.82) is 0 Å². The van der Waals surface area contributed by atoms with E-state index in [4.69, 9.17) is 5.73 Å². The SMILES string of the molecule is CC/C(C)=N/NC(=O)c1nnn(-c2nonc2N)c1C. The number of hydrazone groups is 1. The summed E-state index contributed by atoms with van der Waals surface area (Å²) in [5, 5.41) is 18.5. The van der Waals surface area contributed by atoms with Crippen LogP contribution in [0.25, 0.3) is 5.82 Å². The molecule has 0 bridgehead atoms. The first-order chi connectivity index (χ1) is 9.54. The molecule has 3 N–H and O–H groups in total. The first kappa shape index (κ1) is 13.6. The van der Waals surface area contributed by atoms with Crippen molar-refractivity contribution in [1.82, 2.24) is 30.7 Å². The third kappa shape index (κ3) is 2.48. The van der Waals surface area contributed by atoms with Gasteiger partial charge in [-0.1, -0.05) is 12.1 Å². The molecule has 20 heavy (non-hydrogen) atoms. The number of nitrogens with one attached hydrogen (secondary N) is 1. The highest BCUT2D eigenvalue weighted by Crippen LogP contribution is 2.14. The van der Waals surface area contributed by atoms with Crippen LogP contribution in [0.3, 0.4) is 0 Å². The van der Waals surface area contributed by atoms with E-state index in [2.05, 4.69) is 35.8 Å². The highest BCUT2D eigenvalue weighted by Gasteiger charge is 2.20. The van der Waals surface area contributed by atoms with Crippen molar-refractivity contribution in [3.63, 3.8) is 0 Å². The molecular weight excluding hydrogens is 264 g/mol. The van der Waals surface area contributed by atoms with Gasteiger partial charge in [0.25, 0.3) is 5.91 Å². The zero-order valence-electron chi connectivity index (χ0n) is 11.3. The molecule has 0 radical (unpaired) electrons. The zero-order valence-corrected chi connectivity index (χ0v) is 11.3. The van der Waals surface area contributed by atoms with Crippen LogP contribution in [0.5, 0.6) is 0 Å². The molecule has 10 nitrogen and oxygen atoms in total. The van der Waals surface area contributed by atoms with Gasteiger partial charge in [0, 0.05) is 5.71 Å². The first-order valence-electron chi connectivity index (χ1n) is 5.88. The number of carbonyl (C=O) groups excluding carboxylic acids is 1. The third-order valence-corrected chi connectivity index (χ3v) is 2.67. The van der Waals surface area contributed by atoms with Crippen molar-refractivity contribution in [3.05, 3.63) is 11.4 Å². The van der Waals surface area contributed by atoms with Crippen molar-refractivity contribution in [2.45, 2.75) is 27.2 Å². The molecule has 2 aromatic heterocycles. The fourth-order valence-electron chi connectivity index (χ4n) is 1.36. The van der Waals surface area contributed by atoms with E-state index in [1.807, 2.05) is 13.8 Å². The average Bonchev–Trinajstić information content (AvgIpc) is 3.01. The second-order valence-corrected chi connectivity index (χ2v) is 4.05. The molecule has 0 aromatic carbocycles. The van der Waals surface area contributed by atoms with Gasteiger partial charge in [-0.2, -0.15) is 9.78 Å². The lowest BCUT2D eigenvalue weighted by atomic mass is 10.3. The predicted molar refractivity (Wildman–Crippen MR) is 69.2 cm³/mol. The second-order valence-electron chi connectivity index (χ2n) is 4.05. The molecule has 0 spiro atoms. The van der Waals surface area contributed by atoms with Crippen LogP contribution in [0.4, 0.5) is 5.82 Å². The van der Waals surface area contributed by atoms with Crippen molar-refractivity contribution in [2.24, 2.45) is 5.10 Å². The summed E-state index contributed by atoms with van der Waals surface area (Å²) in [4.78, 5) is 11.9. The van der Waals surface area contributed by atoms with E-state index in [1.54, 1.807) is 6.92 Å². The van der Waals surface area contributed by atoms with Gasteiger partial charge in [0.05, 0.1) is 5.69 Å². The molecule has 106 valence electrons. The minimum absolute atomic E-state index is 0.0600. The first-order valence-corrected chi connectivity index (χ1v) is 5.88. The van der Waals surface area contributed by atoms with Crippen molar-refractivity contribution < 1.29 is 9.42 Å². The van der Waals surface area contributed by atoms with Crippen molar-refractivity contribution in [3.8, 4) is 5.82 Å². The molecule has 0 aliphatic carbocycles. The minimum atomic E-state index is -0.462. The molecule has 0 atom stereocenters. The number of hydrogen-bond donors (Lipinski definition) is 2. The van der Waals surface area contributed by atoms with Gasteiger partial charge in [-0.05, 0) is 30.6 Å². The van der Waals surface area contributed by atoms with Gasteiger partial charge in [0.2, 0.25) is 11.6 Å². The minimum Gasteiger partial charge on any atom is -0.378 e. The van der Waals surface area contributed by atoms with Crippen molar-refractivity contribution in [2.75, 3.05) is 5.73 Å². The maximum absolute atomic E-state index is 11.9. The Morgan fingerprint density at radius 1 is 1.50 bits per heavy atom. The molecule has 1 amide bonds. The van der Waals surface area contributed by atoms with Gasteiger partial charge >= 0.3 is 0 Å². The Morgan fingerprint density at radius 3 is 2.85 bits per heavy atom. The fourth-order valence-corrected chi connectivity index (χ4v) is 1.36. The molecule has 0 aliphatic rings. The number of nitrogens with two attached hydrogens (primary N) is 1. The number of anilines is 1. The zero-order chi connectivity index (χ0) is 14.7. The molecule has 2 heterocycles. The second kappa shape index (κ2) is 5.47. The van der Waals surface area contributed by atoms with Gasteiger partial charge in [0.15, 0.2) is 5.69 Å². The van der Waals surface area contributed by atoms with Crippen LogP contribution in [-0.4, -0.2) is 36.9 Å². The van der Waals surface area contributed by atoms with Gasteiger partial charge < -0.3 is 5.73 Å². The van der Waals surface area contributed by atoms with E-state index in [0.717, 1.165) is 12.1 Å². The van der Waals surface area contributed by atoms with Crippen LogP contribution >= 0.6 is 0 Å². The average molecular weight is 278 g/mol. The fraction of sp³-hybridized carbons (Fsp3) is 0.400. The van der Waals surface area contributed by atoms with Crippen LogP contribution < -0.4 is 11.2 Å². The van der Waals surface area contributed by atoms with Crippen LogP contribution in [0.15, 0.2) is 9.73 Å². The topological polar surface area (TPSA) is 137 Å². The smallest absolute Gasteiger partial charge is 0.293 e. The highest BCUT2D eigenvalue weighted by molar-refractivity contribution is 5.94. The molecule has 0 saturated carbocycles. The molecule has 0 unspecified atom stereocenters. The summed E-state index contributed by atoms with van der Waals surface area (Å²) in [6, 6.07) is 0. The molecule has 0 aliphatic heterocycles. The Morgan fingerprint density at radius 2 is 2.25 bits per heavy atom. The third-order valence-electron chi connectivity index (χ3n) is 2.67. The number of amides is 1. The molecule has 0 fully saturated rings. The lowest BCUT2D eigenvalue weighted by molar-refractivity contribution is 0.0949. The van der Waals surface area contributed by atoms with Crippen LogP contribution in [-0.2, 0) is 0 Å². The molecule has 2 rings (SSSR count). The summed E-state index contributed by atoms with van der Waals surface area (Å²) in [5.41, 5.74) is 9.35. The largest absolute Gasteiger partial charge is 0.378 e. The Labute approximate surface area is 114 Å². The predicted octanol–water partition coefficient (Wildman–Crippen LogP) is 0.0566. The summed E-state index contributed by atoms with van der Waals surface area (Å²) < 4.78 is 5.76. The maximum atomic E-state index is 11.9. The van der Waals surface area contributed by atoms with E-state index in [1.165, 1.54) is 4.68 Å². The summed E-state index contributed by atoms with van der Waals surface area (Å²) >= 11 is 0. The van der Waals surface area contributed by atoms with Gasteiger partial charge in [-0.15, -0.1) is 5.10 Å². The van der Waals surface area contributed by atoms with E-state index in [9.17, 15) is 4.79 Å². The quantitative estimate of drug-likeness (QED) is 0.595. The van der Waals surface area contributed by atoms with Crippen molar-refractivity contribution >= 4 is 17.4 Å². The standard InChI is InChI=1S/C10H14N8O2/c1-4-5(2)12-14-10(19)7-6(3)18(17-13-7)9-8(11)15-20-16-9/h4H2,1-3H3,(H2,11,15)(H,14,19)/b12-5+. The highest BCUT2D eigenvalue weighted by atomic mass is 16.6. The lowest BCUT2D eigenvalue weighted by Crippen LogP contribution is -2.20. The molecular formula is C10H14N8O2. The number of carbonyl (C=O) groups is 1.